The minimum atomic E-state index is 0.906. The fourth-order valence-electron chi connectivity index (χ4n) is 3.57. The molecule has 3 saturated carbocycles. The smallest absolute Gasteiger partial charge is 0.0258 e. The van der Waals surface area contributed by atoms with Crippen LogP contribution in [0.4, 0.5) is 0 Å². The summed E-state index contributed by atoms with van der Waals surface area (Å²) in [5.74, 6) is 3.62. The Labute approximate surface area is 50.3 Å². The van der Waals surface area contributed by atoms with Gasteiger partial charge in [-0.25, -0.2) is 0 Å². The molecule has 3 unspecified atom stereocenters. The molecule has 0 spiro atoms. The number of rotatable bonds is 0. The lowest BCUT2D eigenvalue weighted by atomic mass is 9.72. The summed E-state index contributed by atoms with van der Waals surface area (Å²) in [5.41, 5.74) is 0.906. The number of fused-ring (bicyclic) bond motifs is 1. The number of hydrogen-bond donors (Lipinski definition) is 0. The van der Waals surface area contributed by atoms with Crippen molar-refractivity contribution in [3.63, 3.8) is 0 Å². The van der Waals surface area contributed by atoms with Crippen molar-refractivity contribution < 1.29 is 0 Å². The van der Waals surface area contributed by atoms with Crippen LogP contribution < -0.4 is 0 Å². The molecule has 0 saturated heterocycles. The molecule has 4 atom stereocenters. The molecule has 0 N–H and O–H groups in total. The normalized spacial score (nSPS) is 73.9. The van der Waals surface area contributed by atoms with Crippen molar-refractivity contribution in [1.29, 1.82) is 0 Å². The average Bonchev–Trinajstić information content (AvgIpc) is 2.15. The zero-order valence-corrected chi connectivity index (χ0v) is 5.35. The van der Waals surface area contributed by atoms with E-state index in [9.17, 15) is 0 Å². The Hall–Kier alpha value is 0. The van der Waals surface area contributed by atoms with E-state index in [0.717, 1.165) is 5.41 Å². The summed E-state index contributed by atoms with van der Waals surface area (Å²) in [5, 5.41) is 0. The molecular weight excluding hydrogens is 96.1 g/mol. The van der Waals surface area contributed by atoms with E-state index in [1.807, 2.05) is 0 Å². The summed E-state index contributed by atoms with van der Waals surface area (Å²) in [4.78, 5) is 0. The van der Waals surface area contributed by atoms with Crippen LogP contribution in [0.2, 0.25) is 0 Å². The third kappa shape index (κ3) is 0.191. The van der Waals surface area contributed by atoms with Crippen LogP contribution in [0.5, 0.6) is 0 Å². The first-order chi connectivity index (χ1) is 3.82. The van der Waals surface area contributed by atoms with Crippen molar-refractivity contribution in [3.8, 4) is 0 Å². The number of hydrogen-bond acceptors (Lipinski definition) is 0. The van der Waals surface area contributed by atoms with E-state index in [-0.39, 0.29) is 0 Å². The topological polar surface area (TPSA) is 0 Å². The predicted octanol–water partition coefficient (Wildman–Crippen LogP) is 2.05. The van der Waals surface area contributed by atoms with Gasteiger partial charge in [0, 0.05) is 0 Å². The third-order valence-corrected chi connectivity index (χ3v) is 3.99. The van der Waals surface area contributed by atoms with Crippen LogP contribution in [-0.2, 0) is 0 Å². The van der Waals surface area contributed by atoms with E-state index in [0.29, 0.717) is 0 Å². The molecule has 0 radical (unpaired) electrons. The quantitative estimate of drug-likeness (QED) is 0.445. The van der Waals surface area contributed by atoms with Crippen LogP contribution in [0, 0.1) is 23.2 Å². The molecule has 3 rings (SSSR count). The van der Waals surface area contributed by atoms with E-state index >= 15 is 0 Å². The third-order valence-electron chi connectivity index (χ3n) is 3.99. The highest BCUT2D eigenvalue weighted by Gasteiger charge is 2.74. The van der Waals surface area contributed by atoms with Crippen molar-refractivity contribution in [1.82, 2.24) is 0 Å². The minimum absolute atomic E-state index is 0.906. The maximum Gasteiger partial charge on any atom is -0.0258 e. The molecule has 3 aliphatic rings. The molecule has 0 heteroatoms. The van der Waals surface area contributed by atoms with Gasteiger partial charge in [-0.15, -0.1) is 0 Å². The van der Waals surface area contributed by atoms with Gasteiger partial charge in [-0.1, -0.05) is 6.92 Å². The van der Waals surface area contributed by atoms with Crippen LogP contribution in [0.15, 0.2) is 0 Å². The average molecular weight is 108 g/mol. The van der Waals surface area contributed by atoms with Crippen LogP contribution >= 0.6 is 0 Å². The predicted molar refractivity (Wildman–Crippen MR) is 32.4 cm³/mol. The van der Waals surface area contributed by atoms with Crippen molar-refractivity contribution in [2.24, 2.45) is 23.2 Å². The molecular formula is C8H12. The lowest BCUT2D eigenvalue weighted by Crippen LogP contribution is -2.24. The highest BCUT2D eigenvalue weighted by molar-refractivity contribution is 5.22. The molecule has 0 bridgehead atoms. The molecule has 0 aliphatic heterocycles. The first-order valence-corrected chi connectivity index (χ1v) is 3.82. The van der Waals surface area contributed by atoms with Gasteiger partial charge >= 0.3 is 0 Å². The van der Waals surface area contributed by atoms with E-state index in [2.05, 4.69) is 6.92 Å². The van der Waals surface area contributed by atoms with Gasteiger partial charge in [0.05, 0.1) is 0 Å². The first kappa shape index (κ1) is 3.92. The molecule has 3 fully saturated rings. The van der Waals surface area contributed by atoms with Crippen LogP contribution in [-0.4, -0.2) is 0 Å². The second kappa shape index (κ2) is 0.778. The van der Waals surface area contributed by atoms with E-state index in [1.165, 1.54) is 17.8 Å². The second-order valence-corrected chi connectivity index (χ2v) is 4.18. The molecule has 0 aromatic carbocycles. The van der Waals surface area contributed by atoms with E-state index in [1.54, 1.807) is 19.3 Å². The maximum atomic E-state index is 2.48. The molecule has 0 heterocycles. The van der Waals surface area contributed by atoms with Gasteiger partial charge in [0.25, 0.3) is 0 Å². The van der Waals surface area contributed by atoms with Crippen LogP contribution in [0.25, 0.3) is 0 Å². The summed E-state index contributed by atoms with van der Waals surface area (Å²) in [6, 6.07) is 0. The van der Waals surface area contributed by atoms with Gasteiger partial charge in [0.2, 0.25) is 0 Å². The molecule has 0 amide bonds. The largest absolute Gasteiger partial charge is 0.0591 e. The first-order valence-electron chi connectivity index (χ1n) is 3.82. The SMILES string of the molecule is CC12C[C@H]3CCC1C32. The minimum Gasteiger partial charge on any atom is -0.0591 e. The van der Waals surface area contributed by atoms with Gasteiger partial charge in [0.15, 0.2) is 0 Å². The van der Waals surface area contributed by atoms with Crippen molar-refractivity contribution in [3.05, 3.63) is 0 Å². The summed E-state index contributed by atoms with van der Waals surface area (Å²) < 4.78 is 0. The fraction of sp³-hybridized carbons (Fsp3) is 1.00. The van der Waals surface area contributed by atoms with Crippen molar-refractivity contribution in [2.75, 3.05) is 0 Å². The summed E-state index contributed by atoms with van der Waals surface area (Å²) in [6.45, 7) is 2.48. The maximum absolute atomic E-state index is 2.48. The monoisotopic (exact) mass is 108 g/mol. The lowest BCUT2D eigenvalue weighted by Gasteiger charge is -2.32. The molecule has 0 nitrogen and oxygen atoms in total. The Morgan fingerprint density at radius 2 is 2.25 bits per heavy atom. The summed E-state index contributed by atoms with van der Waals surface area (Å²) in [7, 11) is 0. The zero-order valence-electron chi connectivity index (χ0n) is 5.35. The standard InChI is InChI=1S/C8H12/c1-8-4-5-2-3-6(8)7(5)8/h5-7H,2-4H2,1H3/t5-,6?,7?,8?/m1/s1. The molecule has 0 aromatic rings. The van der Waals surface area contributed by atoms with Gasteiger partial charge in [-0.2, -0.15) is 0 Å². The fourth-order valence-corrected chi connectivity index (χ4v) is 3.57. The van der Waals surface area contributed by atoms with Gasteiger partial charge in [-0.05, 0) is 42.4 Å². The Kier molecular flexibility index (Phi) is 0.381. The van der Waals surface area contributed by atoms with Gasteiger partial charge in [0.1, 0.15) is 0 Å². The summed E-state index contributed by atoms with van der Waals surface area (Å²) in [6.07, 6.45) is 4.74. The second-order valence-electron chi connectivity index (χ2n) is 4.18. The molecule has 44 valence electrons. The van der Waals surface area contributed by atoms with E-state index in [4.69, 9.17) is 0 Å². The van der Waals surface area contributed by atoms with Crippen LogP contribution in [0.1, 0.15) is 26.2 Å². The van der Waals surface area contributed by atoms with Crippen molar-refractivity contribution >= 4 is 0 Å². The Morgan fingerprint density at radius 3 is 2.50 bits per heavy atom. The summed E-state index contributed by atoms with van der Waals surface area (Å²) >= 11 is 0. The van der Waals surface area contributed by atoms with Gasteiger partial charge < -0.3 is 0 Å². The van der Waals surface area contributed by atoms with Crippen molar-refractivity contribution in [2.45, 2.75) is 26.2 Å². The zero-order chi connectivity index (χ0) is 5.35. The molecule has 0 aromatic heterocycles. The van der Waals surface area contributed by atoms with Crippen LogP contribution in [0.3, 0.4) is 0 Å². The Bertz CT molecular complexity index is 144. The lowest BCUT2D eigenvalue weighted by molar-refractivity contribution is 0.171. The Morgan fingerprint density at radius 1 is 1.38 bits per heavy atom. The van der Waals surface area contributed by atoms with Gasteiger partial charge in [-0.3, -0.25) is 0 Å². The highest BCUT2D eigenvalue weighted by Crippen LogP contribution is 2.81. The van der Waals surface area contributed by atoms with E-state index < -0.39 is 0 Å². The Balaban J connectivity index is 2.05. The molecule has 3 aliphatic carbocycles. The molecule has 8 heavy (non-hydrogen) atoms. The highest BCUT2D eigenvalue weighted by atomic mass is 14.8.